The molecule has 1 heterocycles. The Bertz CT molecular complexity index is 203. The summed E-state index contributed by atoms with van der Waals surface area (Å²) in [5.41, 5.74) is 0. The minimum Gasteiger partial charge on any atom is -0.284 e. The van der Waals surface area contributed by atoms with Crippen LogP contribution in [0.25, 0.3) is 0 Å². The molecule has 0 atom stereocenters. The lowest BCUT2D eigenvalue weighted by molar-refractivity contribution is 0.408. The van der Waals surface area contributed by atoms with E-state index < -0.39 is 0 Å². The van der Waals surface area contributed by atoms with Gasteiger partial charge in [-0.2, -0.15) is 0 Å². The Morgan fingerprint density at radius 2 is 2.40 bits per heavy atom. The summed E-state index contributed by atoms with van der Waals surface area (Å²) in [4.78, 5) is 3.92. The zero-order valence-corrected chi connectivity index (χ0v) is 6.67. The van der Waals surface area contributed by atoms with Crippen LogP contribution in [0.2, 0.25) is 0 Å². The van der Waals surface area contributed by atoms with Crippen LogP contribution in [0.3, 0.4) is 0 Å². The molecule has 0 unspecified atom stereocenters. The third kappa shape index (κ3) is 2.10. The highest BCUT2D eigenvalue weighted by molar-refractivity contribution is 7.13. The van der Waals surface area contributed by atoms with Crippen LogP contribution in [0.4, 0.5) is 5.13 Å². The van der Waals surface area contributed by atoms with E-state index in [1.54, 1.807) is 11.2 Å². The molecule has 0 saturated carbocycles. The lowest BCUT2D eigenvalue weighted by atomic mass is 11.0. The summed E-state index contributed by atoms with van der Waals surface area (Å²) < 4.78 is 0. The fraction of sp³-hybridized carbons (Fsp3) is 0.400. The molecule has 10 heavy (non-hydrogen) atoms. The second kappa shape index (κ2) is 3.26. The van der Waals surface area contributed by atoms with Gasteiger partial charge in [-0.3, -0.25) is 5.01 Å². The Morgan fingerprint density at radius 3 is 2.90 bits per heavy atom. The van der Waals surface area contributed by atoms with Gasteiger partial charge in [0.1, 0.15) is 0 Å². The Hall–Kier alpha value is -0.970. The smallest absolute Gasteiger partial charge is 0.231 e. The van der Waals surface area contributed by atoms with E-state index in [1.165, 1.54) is 11.3 Å². The first-order valence-corrected chi connectivity index (χ1v) is 3.65. The lowest BCUT2D eigenvalue weighted by Crippen LogP contribution is -1.98. The number of rotatable bonds is 2. The molecule has 0 aliphatic rings. The van der Waals surface area contributed by atoms with Gasteiger partial charge in [-0.25, -0.2) is 4.98 Å². The van der Waals surface area contributed by atoms with Gasteiger partial charge in [-0.05, 0) is 0 Å². The predicted octanol–water partition coefficient (Wildman–Crippen LogP) is 1.70. The number of hydrogen-bond acceptors (Lipinski definition) is 4. The van der Waals surface area contributed by atoms with Crippen LogP contribution in [0.1, 0.15) is 0 Å². The molecule has 0 amide bonds. The molecule has 1 aromatic heterocycles. The summed E-state index contributed by atoms with van der Waals surface area (Å²) >= 11 is 1.47. The molecule has 4 nitrogen and oxygen atoms in total. The number of thiazole rings is 1. The fourth-order valence-corrected chi connectivity index (χ4v) is 0.842. The Kier molecular flexibility index (Phi) is 2.33. The molecule has 0 aliphatic heterocycles. The van der Waals surface area contributed by atoms with Crippen molar-refractivity contribution in [2.75, 3.05) is 14.1 Å². The molecule has 0 bridgehead atoms. The molecule has 1 rings (SSSR count). The van der Waals surface area contributed by atoms with Crippen LogP contribution < -0.4 is 0 Å². The molecule has 0 aliphatic carbocycles. The van der Waals surface area contributed by atoms with Gasteiger partial charge < -0.3 is 0 Å². The maximum atomic E-state index is 3.92. The summed E-state index contributed by atoms with van der Waals surface area (Å²) in [6.07, 6.45) is 1.70. The van der Waals surface area contributed by atoms with Crippen molar-refractivity contribution in [2.24, 2.45) is 10.3 Å². The molecule has 0 fully saturated rings. The van der Waals surface area contributed by atoms with Crippen molar-refractivity contribution in [3.8, 4) is 0 Å². The highest BCUT2D eigenvalue weighted by atomic mass is 32.1. The van der Waals surface area contributed by atoms with Crippen LogP contribution >= 0.6 is 11.3 Å². The molecule has 0 radical (unpaired) electrons. The third-order valence-corrected chi connectivity index (χ3v) is 1.38. The molecule has 1 aromatic rings. The van der Waals surface area contributed by atoms with E-state index in [2.05, 4.69) is 15.3 Å². The fourth-order valence-electron chi connectivity index (χ4n) is 0.393. The molecular weight excluding hydrogens is 148 g/mol. The third-order valence-electron chi connectivity index (χ3n) is 0.728. The average molecular weight is 156 g/mol. The number of nitrogens with zero attached hydrogens (tertiary/aromatic N) is 4. The normalized spacial score (nSPS) is 10.6. The van der Waals surface area contributed by atoms with Gasteiger partial charge in [-0.1, -0.05) is 5.22 Å². The molecule has 54 valence electrons. The highest BCUT2D eigenvalue weighted by Gasteiger charge is 1.88. The SMILES string of the molecule is CN(C)N=Nc1nccs1. The topological polar surface area (TPSA) is 40.9 Å². The summed E-state index contributed by atoms with van der Waals surface area (Å²) in [6, 6.07) is 0. The van der Waals surface area contributed by atoms with Crippen molar-refractivity contribution in [1.82, 2.24) is 9.99 Å². The van der Waals surface area contributed by atoms with E-state index in [9.17, 15) is 0 Å². The van der Waals surface area contributed by atoms with Crippen molar-refractivity contribution in [1.29, 1.82) is 0 Å². The maximum Gasteiger partial charge on any atom is 0.231 e. The predicted molar refractivity (Wildman–Crippen MR) is 40.3 cm³/mol. The zero-order chi connectivity index (χ0) is 7.40. The summed E-state index contributed by atoms with van der Waals surface area (Å²) in [6.45, 7) is 0. The first-order chi connectivity index (χ1) is 4.79. The van der Waals surface area contributed by atoms with Gasteiger partial charge in [0.05, 0.1) is 0 Å². The molecule has 5 heteroatoms. The molecular formula is C5H8N4S. The molecule has 0 N–H and O–H groups in total. The minimum absolute atomic E-state index is 0.689. The van der Waals surface area contributed by atoms with E-state index in [0.29, 0.717) is 5.13 Å². The Balaban J connectivity index is 2.55. The molecule has 0 aromatic carbocycles. The van der Waals surface area contributed by atoms with E-state index in [1.807, 2.05) is 19.5 Å². The molecule has 0 spiro atoms. The van der Waals surface area contributed by atoms with Crippen molar-refractivity contribution in [3.05, 3.63) is 11.6 Å². The summed E-state index contributed by atoms with van der Waals surface area (Å²) in [7, 11) is 3.63. The summed E-state index contributed by atoms with van der Waals surface area (Å²) in [5, 5.41) is 11.8. The molecule has 0 saturated heterocycles. The number of aromatic nitrogens is 1. The van der Waals surface area contributed by atoms with Crippen LogP contribution in [0.5, 0.6) is 0 Å². The van der Waals surface area contributed by atoms with E-state index in [-0.39, 0.29) is 0 Å². The Labute approximate surface area is 63.2 Å². The van der Waals surface area contributed by atoms with E-state index in [0.717, 1.165) is 0 Å². The quantitative estimate of drug-likeness (QED) is 0.483. The zero-order valence-electron chi connectivity index (χ0n) is 5.85. The van der Waals surface area contributed by atoms with Crippen molar-refractivity contribution in [2.45, 2.75) is 0 Å². The van der Waals surface area contributed by atoms with Crippen molar-refractivity contribution >= 4 is 16.5 Å². The summed E-state index contributed by atoms with van der Waals surface area (Å²) in [5.74, 6) is 0. The van der Waals surface area contributed by atoms with Crippen LogP contribution in [0.15, 0.2) is 21.9 Å². The lowest BCUT2D eigenvalue weighted by Gasteiger charge is -1.97. The minimum atomic E-state index is 0.689. The van der Waals surface area contributed by atoms with Crippen LogP contribution in [0, 0.1) is 0 Å². The van der Waals surface area contributed by atoms with E-state index in [4.69, 9.17) is 0 Å². The highest BCUT2D eigenvalue weighted by Crippen LogP contribution is 2.14. The maximum absolute atomic E-state index is 3.92. The average Bonchev–Trinajstić information content (AvgIpc) is 2.34. The largest absolute Gasteiger partial charge is 0.284 e. The van der Waals surface area contributed by atoms with Crippen LogP contribution in [-0.4, -0.2) is 24.1 Å². The van der Waals surface area contributed by atoms with Gasteiger partial charge in [0.15, 0.2) is 0 Å². The monoisotopic (exact) mass is 156 g/mol. The van der Waals surface area contributed by atoms with Gasteiger partial charge in [0.2, 0.25) is 5.13 Å². The van der Waals surface area contributed by atoms with Gasteiger partial charge in [-0.15, -0.1) is 16.5 Å². The second-order valence-corrected chi connectivity index (χ2v) is 2.72. The Morgan fingerprint density at radius 1 is 1.60 bits per heavy atom. The first kappa shape index (κ1) is 7.14. The number of hydrogen-bond donors (Lipinski definition) is 0. The van der Waals surface area contributed by atoms with Crippen molar-refractivity contribution < 1.29 is 0 Å². The van der Waals surface area contributed by atoms with Gasteiger partial charge in [0.25, 0.3) is 0 Å². The van der Waals surface area contributed by atoms with E-state index >= 15 is 0 Å². The van der Waals surface area contributed by atoms with Crippen molar-refractivity contribution in [3.63, 3.8) is 0 Å². The van der Waals surface area contributed by atoms with Crippen LogP contribution in [-0.2, 0) is 0 Å². The second-order valence-electron chi connectivity index (χ2n) is 1.85. The van der Waals surface area contributed by atoms with Gasteiger partial charge in [0, 0.05) is 25.7 Å². The first-order valence-electron chi connectivity index (χ1n) is 2.77. The standard InChI is InChI=1S/C5H8N4S/c1-9(2)8-7-5-6-3-4-10-5/h3-4H,1-2H3. The van der Waals surface area contributed by atoms with Gasteiger partial charge >= 0.3 is 0 Å².